The molecule has 142 valence electrons. The second kappa shape index (κ2) is 7.94. The van der Waals surface area contributed by atoms with Gasteiger partial charge in [0.25, 0.3) is 5.91 Å². The first-order valence-corrected chi connectivity index (χ1v) is 9.24. The fourth-order valence-electron chi connectivity index (χ4n) is 3.20. The first kappa shape index (κ1) is 18.4. The molecule has 0 saturated heterocycles. The highest BCUT2D eigenvalue weighted by Gasteiger charge is 2.14. The maximum Gasteiger partial charge on any atom is 0.256 e. The van der Waals surface area contributed by atoms with Crippen molar-refractivity contribution in [3.63, 3.8) is 0 Å². The zero-order valence-corrected chi connectivity index (χ0v) is 15.8. The van der Waals surface area contributed by atoms with Gasteiger partial charge in [-0.25, -0.2) is 4.98 Å². The van der Waals surface area contributed by atoms with Crippen LogP contribution >= 0.6 is 0 Å². The van der Waals surface area contributed by atoms with Crippen molar-refractivity contribution in [1.29, 1.82) is 0 Å². The summed E-state index contributed by atoms with van der Waals surface area (Å²) in [4.78, 5) is 29.1. The maximum absolute atomic E-state index is 13.1. The molecule has 29 heavy (non-hydrogen) atoms. The Morgan fingerprint density at radius 3 is 2.21 bits per heavy atom. The number of para-hydroxylation sites is 1. The van der Waals surface area contributed by atoms with Crippen molar-refractivity contribution in [3.8, 4) is 11.3 Å². The normalized spacial score (nSPS) is 10.5. The van der Waals surface area contributed by atoms with Crippen molar-refractivity contribution >= 4 is 34.1 Å². The number of nitrogens with one attached hydrogen (secondary N) is 2. The van der Waals surface area contributed by atoms with Crippen molar-refractivity contribution in [2.24, 2.45) is 0 Å². The van der Waals surface area contributed by atoms with E-state index in [1.807, 2.05) is 60.7 Å². The maximum atomic E-state index is 13.1. The molecule has 0 aliphatic carbocycles. The molecule has 5 heteroatoms. The standard InChI is InChI=1S/C24H19N3O2/c1-16(28)25-18-10-7-11-19(14-18)26-24(29)21-15-23(17-8-3-2-4-9-17)27-22-13-6-5-12-20(21)22/h2-15H,1H3,(H,25,28)(H,26,29). The van der Waals surface area contributed by atoms with Gasteiger partial charge < -0.3 is 10.6 Å². The van der Waals surface area contributed by atoms with Crippen LogP contribution in [0.5, 0.6) is 0 Å². The molecule has 0 aliphatic heterocycles. The van der Waals surface area contributed by atoms with E-state index in [1.54, 1.807) is 24.3 Å². The van der Waals surface area contributed by atoms with E-state index in [-0.39, 0.29) is 11.8 Å². The molecule has 2 amide bonds. The van der Waals surface area contributed by atoms with Crippen LogP contribution in [0.25, 0.3) is 22.2 Å². The highest BCUT2D eigenvalue weighted by atomic mass is 16.2. The van der Waals surface area contributed by atoms with Crippen molar-refractivity contribution in [1.82, 2.24) is 4.98 Å². The van der Waals surface area contributed by atoms with E-state index >= 15 is 0 Å². The average molecular weight is 381 g/mol. The minimum Gasteiger partial charge on any atom is -0.326 e. The van der Waals surface area contributed by atoms with E-state index in [1.165, 1.54) is 6.92 Å². The Morgan fingerprint density at radius 2 is 1.45 bits per heavy atom. The number of rotatable bonds is 4. The van der Waals surface area contributed by atoms with Gasteiger partial charge in [0.2, 0.25) is 5.91 Å². The lowest BCUT2D eigenvalue weighted by atomic mass is 10.0. The van der Waals surface area contributed by atoms with Crippen LogP contribution < -0.4 is 10.6 Å². The number of anilines is 2. The summed E-state index contributed by atoms with van der Waals surface area (Å²) in [6, 6.07) is 26.2. The molecule has 4 aromatic rings. The highest BCUT2D eigenvalue weighted by Crippen LogP contribution is 2.26. The van der Waals surface area contributed by atoms with Crippen LogP contribution in [-0.2, 0) is 4.79 Å². The van der Waals surface area contributed by atoms with E-state index in [0.717, 1.165) is 22.2 Å². The predicted molar refractivity (Wildman–Crippen MR) is 116 cm³/mol. The quantitative estimate of drug-likeness (QED) is 0.516. The van der Waals surface area contributed by atoms with E-state index in [4.69, 9.17) is 4.98 Å². The molecule has 4 rings (SSSR count). The number of amides is 2. The Morgan fingerprint density at radius 1 is 0.759 bits per heavy atom. The molecule has 0 radical (unpaired) electrons. The van der Waals surface area contributed by atoms with Gasteiger partial charge in [-0.3, -0.25) is 9.59 Å². The fourth-order valence-corrected chi connectivity index (χ4v) is 3.20. The van der Waals surface area contributed by atoms with Gasteiger partial charge in [-0.05, 0) is 30.3 Å². The van der Waals surface area contributed by atoms with Gasteiger partial charge in [0.1, 0.15) is 0 Å². The lowest BCUT2D eigenvalue weighted by molar-refractivity contribution is -0.114. The van der Waals surface area contributed by atoms with Gasteiger partial charge in [-0.15, -0.1) is 0 Å². The van der Waals surface area contributed by atoms with E-state index < -0.39 is 0 Å². The molecule has 5 nitrogen and oxygen atoms in total. The Labute approximate surface area is 168 Å². The van der Waals surface area contributed by atoms with E-state index in [2.05, 4.69) is 10.6 Å². The minimum atomic E-state index is -0.235. The number of fused-ring (bicyclic) bond motifs is 1. The smallest absolute Gasteiger partial charge is 0.256 e. The third-order valence-corrected chi connectivity index (χ3v) is 4.47. The summed E-state index contributed by atoms with van der Waals surface area (Å²) in [6.45, 7) is 1.44. The number of carbonyl (C=O) groups is 2. The molecule has 0 atom stereocenters. The molecule has 1 heterocycles. The second-order valence-corrected chi connectivity index (χ2v) is 6.65. The van der Waals surface area contributed by atoms with Crippen molar-refractivity contribution < 1.29 is 9.59 Å². The van der Waals surface area contributed by atoms with Gasteiger partial charge in [0.15, 0.2) is 0 Å². The summed E-state index contributed by atoms with van der Waals surface area (Å²) in [5.74, 6) is -0.401. The highest BCUT2D eigenvalue weighted by molar-refractivity contribution is 6.13. The van der Waals surface area contributed by atoms with Gasteiger partial charge in [-0.2, -0.15) is 0 Å². The Balaban J connectivity index is 1.73. The number of aromatic nitrogens is 1. The molecule has 0 spiro atoms. The van der Waals surface area contributed by atoms with Crippen molar-refractivity contribution in [2.45, 2.75) is 6.92 Å². The topological polar surface area (TPSA) is 71.1 Å². The van der Waals surface area contributed by atoms with E-state index in [9.17, 15) is 9.59 Å². The van der Waals surface area contributed by atoms with Crippen LogP contribution in [0.4, 0.5) is 11.4 Å². The number of carbonyl (C=O) groups excluding carboxylic acids is 2. The lowest BCUT2D eigenvalue weighted by Crippen LogP contribution is -2.13. The van der Waals surface area contributed by atoms with Crippen LogP contribution in [0.2, 0.25) is 0 Å². The third-order valence-electron chi connectivity index (χ3n) is 4.47. The zero-order valence-electron chi connectivity index (χ0n) is 15.8. The third kappa shape index (κ3) is 4.14. The van der Waals surface area contributed by atoms with Crippen LogP contribution in [0.15, 0.2) is 84.9 Å². The largest absolute Gasteiger partial charge is 0.326 e. The fraction of sp³-hybridized carbons (Fsp3) is 0.0417. The van der Waals surface area contributed by atoms with Gasteiger partial charge >= 0.3 is 0 Å². The van der Waals surface area contributed by atoms with Crippen molar-refractivity contribution in [2.75, 3.05) is 10.6 Å². The monoisotopic (exact) mass is 381 g/mol. The predicted octanol–water partition coefficient (Wildman–Crippen LogP) is 5.11. The minimum absolute atomic E-state index is 0.166. The Kier molecular flexibility index (Phi) is 5.03. The number of benzene rings is 3. The molecule has 0 saturated carbocycles. The molecular weight excluding hydrogens is 362 g/mol. The summed E-state index contributed by atoms with van der Waals surface area (Å²) in [5, 5.41) is 6.42. The van der Waals surface area contributed by atoms with E-state index in [0.29, 0.717) is 16.9 Å². The summed E-state index contributed by atoms with van der Waals surface area (Å²) in [6.07, 6.45) is 0. The van der Waals surface area contributed by atoms with Crippen LogP contribution in [0.3, 0.4) is 0 Å². The lowest BCUT2D eigenvalue weighted by Gasteiger charge is -2.11. The molecular formula is C24H19N3O2. The summed E-state index contributed by atoms with van der Waals surface area (Å²) in [7, 11) is 0. The Bertz CT molecular complexity index is 1200. The van der Waals surface area contributed by atoms with Gasteiger partial charge in [-0.1, -0.05) is 54.6 Å². The molecule has 2 N–H and O–H groups in total. The molecule has 3 aromatic carbocycles. The summed E-state index contributed by atoms with van der Waals surface area (Å²) < 4.78 is 0. The zero-order chi connectivity index (χ0) is 20.2. The van der Waals surface area contributed by atoms with Crippen molar-refractivity contribution in [3.05, 3.63) is 90.5 Å². The Hall–Kier alpha value is -3.99. The average Bonchev–Trinajstić information content (AvgIpc) is 2.73. The van der Waals surface area contributed by atoms with Gasteiger partial charge in [0, 0.05) is 29.2 Å². The first-order chi connectivity index (χ1) is 14.1. The molecule has 0 fully saturated rings. The first-order valence-electron chi connectivity index (χ1n) is 9.24. The number of hydrogen-bond acceptors (Lipinski definition) is 3. The molecule has 0 bridgehead atoms. The van der Waals surface area contributed by atoms with Crippen LogP contribution in [-0.4, -0.2) is 16.8 Å². The summed E-state index contributed by atoms with van der Waals surface area (Å²) >= 11 is 0. The van der Waals surface area contributed by atoms with Gasteiger partial charge in [0.05, 0.1) is 16.8 Å². The SMILES string of the molecule is CC(=O)Nc1cccc(NC(=O)c2cc(-c3ccccc3)nc3ccccc23)c1. The molecule has 1 aromatic heterocycles. The number of pyridine rings is 1. The summed E-state index contributed by atoms with van der Waals surface area (Å²) in [5.41, 5.74) is 4.20. The van der Waals surface area contributed by atoms with Crippen LogP contribution in [0, 0.1) is 0 Å². The molecule has 0 unspecified atom stereocenters. The number of nitrogens with zero attached hydrogens (tertiary/aromatic N) is 1. The second-order valence-electron chi connectivity index (χ2n) is 6.65. The van der Waals surface area contributed by atoms with Crippen LogP contribution in [0.1, 0.15) is 17.3 Å². The molecule has 0 aliphatic rings. The number of hydrogen-bond donors (Lipinski definition) is 2.